The van der Waals surface area contributed by atoms with E-state index in [-0.39, 0.29) is 36.2 Å². The molecule has 0 aliphatic rings. The summed E-state index contributed by atoms with van der Waals surface area (Å²) >= 11 is 5.86. The molecule has 6 nitrogen and oxygen atoms in total. The Balaban J connectivity index is 2.93. The number of carbonyl (C=O) groups excluding carboxylic acids is 3. The number of nitrogens with one attached hydrogen (secondary N) is 2. The Labute approximate surface area is 166 Å². The molecule has 0 aliphatic heterocycles. The zero-order chi connectivity index (χ0) is 20.6. The molecule has 1 aromatic carbocycles. The van der Waals surface area contributed by atoms with Crippen molar-refractivity contribution in [2.45, 2.75) is 53.1 Å². The largest absolute Gasteiger partial charge is 0.352 e. The molecule has 0 aliphatic carbocycles. The number of carbonyl (C=O) groups is 3. The van der Waals surface area contributed by atoms with Crippen LogP contribution in [0.2, 0.25) is 5.02 Å². The van der Waals surface area contributed by atoms with Crippen molar-refractivity contribution in [2.24, 2.45) is 5.92 Å². The van der Waals surface area contributed by atoms with Gasteiger partial charge in [-0.3, -0.25) is 14.4 Å². The zero-order valence-corrected chi connectivity index (χ0v) is 17.5. The first kappa shape index (κ1) is 23.0. The van der Waals surface area contributed by atoms with E-state index >= 15 is 0 Å². The Morgan fingerprint density at radius 1 is 1.04 bits per heavy atom. The molecule has 0 aromatic heterocycles. The smallest absolute Gasteiger partial charge is 0.251 e. The second kappa shape index (κ2) is 10.9. The topological polar surface area (TPSA) is 78.5 Å². The molecule has 0 saturated heterocycles. The summed E-state index contributed by atoms with van der Waals surface area (Å²) in [6.45, 7) is 9.77. The molecule has 2 unspecified atom stereocenters. The zero-order valence-electron chi connectivity index (χ0n) is 16.7. The minimum atomic E-state index is -0.704. The lowest BCUT2D eigenvalue weighted by molar-refractivity contribution is -0.138. The third-order valence-electron chi connectivity index (χ3n) is 4.35. The minimum Gasteiger partial charge on any atom is -0.352 e. The molecule has 150 valence electrons. The Kier molecular flexibility index (Phi) is 9.29. The van der Waals surface area contributed by atoms with E-state index in [1.807, 2.05) is 34.6 Å². The quantitative estimate of drug-likeness (QED) is 0.674. The van der Waals surface area contributed by atoms with Gasteiger partial charge in [-0.1, -0.05) is 31.9 Å². The summed E-state index contributed by atoms with van der Waals surface area (Å²) in [5, 5.41) is 6.15. The van der Waals surface area contributed by atoms with Crippen LogP contribution in [-0.2, 0) is 9.59 Å². The van der Waals surface area contributed by atoms with Gasteiger partial charge >= 0.3 is 0 Å². The van der Waals surface area contributed by atoms with E-state index in [4.69, 9.17) is 11.6 Å². The molecule has 2 atom stereocenters. The van der Waals surface area contributed by atoms with Crippen molar-refractivity contribution in [3.8, 4) is 0 Å². The molecule has 7 heteroatoms. The van der Waals surface area contributed by atoms with Crippen LogP contribution >= 0.6 is 11.6 Å². The van der Waals surface area contributed by atoms with E-state index in [0.717, 1.165) is 0 Å². The number of rotatable bonds is 9. The van der Waals surface area contributed by atoms with Crippen LogP contribution in [0.3, 0.4) is 0 Å². The van der Waals surface area contributed by atoms with Crippen LogP contribution < -0.4 is 10.6 Å². The van der Waals surface area contributed by atoms with Gasteiger partial charge < -0.3 is 15.5 Å². The van der Waals surface area contributed by atoms with Crippen LogP contribution in [0.25, 0.3) is 0 Å². The lowest BCUT2D eigenvalue weighted by Gasteiger charge is -2.30. The fraction of sp³-hybridized carbons (Fsp3) is 0.550. The van der Waals surface area contributed by atoms with Crippen LogP contribution in [0.15, 0.2) is 24.3 Å². The molecule has 1 rings (SSSR count). The molecule has 1 aromatic rings. The maximum Gasteiger partial charge on any atom is 0.251 e. The molecular weight excluding hydrogens is 366 g/mol. The summed E-state index contributed by atoms with van der Waals surface area (Å²) in [6, 6.07) is 5.79. The van der Waals surface area contributed by atoms with Crippen molar-refractivity contribution < 1.29 is 14.4 Å². The van der Waals surface area contributed by atoms with Gasteiger partial charge in [0.15, 0.2) is 0 Å². The average Bonchev–Trinajstić information content (AvgIpc) is 2.62. The summed E-state index contributed by atoms with van der Waals surface area (Å²) in [4.78, 5) is 39.1. The number of hydrogen-bond acceptors (Lipinski definition) is 3. The third-order valence-corrected chi connectivity index (χ3v) is 4.60. The van der Waals surface area contributed by atoms with E-state index in [1.54, 1.807) is 24.3 Å². The van der Waals surface area contributed by atoms with Gasteiger partial charge in [-0.15, -0.1) is 0 Å². The second-order valence-electron chi connectivity index (χ2n) is 6.92. The first-order valence-corrected chi connectivity index (χ1v) is 9.71. The fourth-order valence-corrected chi connectivity index (χ4v) is 2.72. The average molecular weight is 396 g/mol. The van der Waals surface area contributed by atoms with E-state index < -0.39 is 6.04 Å². The van der Waals surface area contributed by atoms with E-state index in [0.29, 0.717) is 23.6 Å². The molecular formula is C20H30ClN3O3. The predicted octanol–water partition coefficient (Wildman–Crippen LogP) is 2.86. The number of hydrogen-bond donors (Lipinski definition) is 2. The van der Waals surface area contributed by atoms with Crippen molar-refractivity contribution in [2.75, 3.05) is 13.1 Å². The summed E-state index contributed by atoms with van der Waals surface area (Å²) in [5.74, 6) is -0.885. The molecule has 0 bridgehead atoms. The van der Waals surface area contributed by atoms with Crippen LogP contribution in [0.4, 0.5) is 0 Å². The van der Waals surface area contributed by atoms with Crippen LogP contribution in [0.5, 0.6) is 0 Å². The molecule has 3 amide bonds. The van der Waals surface area contributed by atoms with Gasteiger partial charge in [-0.25, -0.2) is 0 Å². The van der Waals surface area contributed by atoms with E-state index in [2.05, 4.69) is 10.6 Å². The molecule has 0 heterocycles. The SMILES string of the molecule is CCC(C)C(NC(=O)c1ccc(Cl)cc1)C(=O)N(CC)CC(=O)NC(C)C. The lowest BCUT2D eigenvalue weighted by atomic mass is 9.97. The number of likely N-dealkylation sites (N-methyl/N-ethyl adjacent to an activating group) is 1. The molecule has 0 radical (unpaired) electrons. The van der Waals surface area contributed by atoms with Gasteiger partial charge in [-0.05, 0) is 51.0 Å². The maximum absolute atomic E-state index is 13.0. The molecule has 2 N–H and O–H groups in total. The summed E-state index contributed by atoms with van der Waals surface area (Å²) < 4.78 is 0. The molecule has 0 saturated carbocycles. The van der Waals surface area contributed by atoms with Gasteiger partial charge in [0.05, 0.1) is 6.54 Å². The fourth-order valence-electron chi connectivity index (χ4n) is 2.59. The molecule has 0 spiro atoms. The summed E-state index contributed by atoms with van der Waals surface area (Å²) in [6.07, 6.45) is 0.715. The summed E-state index contributed by atoms with van der Waals surface area (Å²) in [5.41, 5.74) is 0.432. The van der Waals surface area contributed by atoms with Crippen molar-refractivity contribution in [3.63, 3.8) is 0 Å². The van der Waals surface area contributed by atoms with Crippen molar-refractivity contribution in [3.05, 3.63) is 34.9 Å². The predicted molar refractivity (Wildman–Crippen MR) is 108 cm³/mol. The van der Waals surface area contributed by atoms with Gasteiger partial charge in [0.2, 0.25) is 11.8 Å². The summed E-state index contributed by atoms with van der Waals surface area (Å²) in [7, 11) is 0. The van der Waals surface area contributed by atoms with Crippen LogP contribution in [-0.4, -0.2) is 47.8 Å². The number of nitrogens with zero attached hydrogens (tertiary/aromatic N) is 1. The third kappa shape index (κ3) is 7.21. The molecule has 27 heavy (non-hydrogen) atoms. The first-order chi connectivity index (χ1) is 12.7. The van der Waals surface area contributed by atoms with Crippen molar-refractivity contribution in [1.82, 2.24) is 15.5 Å². The normalized spacial score (nSPS) is 13.0. The van der Waals surface area contributed by atoms with Gasteiger partial charge in [0, 0.05) is 23.2 Å². The van der Waals surface area contributed by atoms with Crippen LogP contribution in [0.1, 0.15) is 51.4 Å². The maximum atomic E-state index is 13.0. The Bertz CT molecular complexity index is 646. The van der Waals surface area contributed by atoms with E-state index in [1.165, 1.54) is 4.90 Å². The Morgan fingerprint density at radius 3 is 2.11 bits per heavy atom. The monoisotopic (exact) mass is 395 g/mol. The Hall–Kier alpha value is -2.08. The Morgan fingerprint density at radius 2 is 1.63 bits per heavy atom. The highest BCUT2D eigenvalue weighted by Crippen LogP contribution is 2.14. The lowest BCUT2D eigenvalue weighted by Crippen LogP contribution is -2.53. The second-order valence-corrected chi connectivity index (χ2v) is 7.35. The highest BCUT2D eigenvalue weighted by molar-refractivity contribution is 6.30. The van der Waals surface area contributed by atoms with Gasteiger partial charge in [0.25, 0.3) is 5.91 Å². The molecule has 0 fully saturated rings. The number of benzene rings is 1. The van der Waals surface area contributed by atoms with Gasteiger partial charge in [-0.2, -0.15) is 0 Å². The minimum absolute atomic E-state index is 0.00118. The van der Waals surface area contributed by atoms with E-state index in [9.17, 15) is 14.4 Å². The van der Waals surface area contributed by atoms with Gasteiger partial charge in [0.1, 0.15) is 6.04 Å². The van der Waals surface area contributed by atoms with Crippen molar-refractivity contribution in [1.29, 1.82) is 0 Å². The van der Waals surface area contributed by atoms with Crippen LogP contribution in [0, 0.1) is 5.92 Å². The highest BCUT2D eigenvalue weighted by Gasteiger charge is 2.30. The van der Waals surface area contributed by atoms with Crippen molar-refractivity contribution >= 4 is 29.3 Å². The highest BCUT2D eigenvalue weighted by atomic mass is 35.5. The standard InChI is InChI=1S/C20H30ClN3O3/c1-6-14(5)18(23-19(26)15-8-10-16(21)11-9-15)20(27)24(7-2)12-17(25)22-13(3)4/h8-11,13-14,18H,6-7,12H2,1-5H3,(H,22,25)(H,23,26). The number of amides is 3. The number of halogens is 1. The first-order valence-electron chi connectivity index (χ1n) is 9.34.